The van der Waals surface area contributed by atoms with Crippen LogP contribution in [0.1, 0.15) is 5.48 Å². The normalized spacial score (nSPS) is 35.0. The maximum absolute atomic E-state index is 8.82. The zero-order chi connectivity index (χ0) is 10.2. The van der Waals surface area contributed by atoms with E-state index in [2.05, 4.69) is 0 Å². The van der Waals surface area contributed by atoms with E-state index in [1.165, 1.54) is 0 Å². The Morgan fingerprint density at radius 3 is 2.00 bits per heavy atom. The zero-order valence-corrected chi connectivity index (χ0v) is 4.00. The fourth-order valence-corrected chi connectivity index (χ4v) is 0.139. The van der Waals surface area contributed by atoms with Crippen LogP contribution < -0.4 is 0 Å². The van der Waals surface area contributed by atoms with E-state index in [1.54, 1.807) is 0 Å². The maximum Gasteiger partial charge on any atom is 0.105 e. The van der Waals surface area contributed by atoms with Gasteiger partial charge in [0.05, 0.1) is 18.6 Å². The Morgan fingerprint density at radius 1 is 1.38 bits per heavy atom. The predicted molar refractivity (Wildman–Crippen MR) is 26.2 cm³/mol. The summed E-state index contributed by atoms with van der Waals surface area (Å²) in [6.07, 6.45) is -6.68. The highest BCUT2D eigenvalue weighted by atomic mass is 16.4. The molecule has 0 bridgehead atoms. The lowest BCUT2D eigenvalue weighted by atomic mass is 10.2. The van der Waals surface area contributed by atoms with Crippen LogP contribution in [0.4, 0.5) is 0 Å². The highest BCUT2D eigenvalue weighted by molar-refractivity contribution is 4.62. The Kier molecular flexibility index (Phi) is 1.48. The summed E-state index contributed by atoms with van der Waals surface area (Å²) in [5.41, 5.74) is 0. The second-order valence-corrected chi connectivity index (χ2v) is 1.07. The summed E-state index contributed by atoms with van der Waals surface area (Å²) in [6, 6.07) is 0. The second kappa shape index (κ2) is 3.80. The van der Waals surface area contributed by atoms with Gasteiger partial charge in [0, 0.05) is 0 Å². The molecule has 0 rings (SSSR count). The van der Waals surface area contributed by atoms with E-state index in [-0.39, 0.29) is 0 Å². The van der Waals surface area contributed by atoms with E-state index in [1.807, 2.05) is 0 Å². The summed E-state index contributed by atoms with van der Waals surface area (Å²) in [6.45, 7) is -4.86. The highest BCUT2D eigenvalue weighted by Gasteiger charge is 2.12. The third-order valence-electron chi connectivity index (χ3n) is 0.529. The lowest BCUT2D eigenvalue weighted by molar-refractivity contribution is -0.0388. The number of hydrogen-bond donors (Lipinski definition) is 4. The molecular weight excluding hydrogens is 112 g/mol. The van der Waals surface area contributed by atoms with Gasteiger partial charge in [-0.05, 0) is 0 Å². The molecule has 4 N–H and O–H groups in total. The minimum Gasteiger partial charge on any atom is -0.394 e. The molecule has 0 saturated carbocycles. The van der Waals surface area contributed by atoms with Crippen molar-refractivity contribution in [3.8, 4) is 0 Å². The first-order chi connectivity index (χ1) is 5.06. The summed E-state index contributed by atoms with van der Waals surface area (Å²) in [7, 11) is 0. The minimum atomic E-state index is -3.51. The standard InChI is InChI=1S/C4H10O4/c5-1-3(7)4(8)2-6/h3-8H,1-2H2/t3-,4-/m0/s1/i1D2,3D,4D. The van der Waals surface area contributed by atoms with Crippen LogP contribution in [0, 0.1) is 0 Å². The van der Waals surface area contributed by atoms with Gasteiger partial charge in [0.25, 0.3) is 0 Å². The Balaban J connectivity index is 4.85. The number of hydrogen-bond acceptors (Lipinski definition) is 4. The largest absolute Gasteiger partial charge is 0.394 e. The Labute approximate surface area is 52.6 Å². The van der Waals surface area contributed by atoms with Crippen LogP contribution in [0.3, 0.4) is 0 Å². The fraction of sp³-hybridized carbons (Fsp3) is 1.00. The summed E-state index contributed by atoms with van der Waals surface area (Å²) in [5, 5.41) is 34.4. The first-order valence-corrected chi connectivity index (χ1v) is 1.84. The lowest BCUT2D eigenvalue weighted by Crippen LogP contribution is -2.31. The van der Waals surface area contributed by atoms with Gasteiger partial charge >= 0.3 is 0 Å². The van der Waals surface area contributed by atoms with Crippen LogP contribution in [-0.2, 0) is 0 Å². The summed E-state index contributed by atoms with van der Waals surface area (Å²) < 4.78 is 26.4. The van der Waals surface area contributed by atoms with Crippen molar-refractivity contribution in [1.82, 2.24) is 0 Å². The van der Waals surface area contributed by atoms with Gasteiger partial charge in [0.1, 0.15) is 12.2 Å². The predicted octanol–water partition coefficient (Wildman–Crippen LogP) is -2.31. The van der Waals surface area contributed by atoms with Crippen molar-refractivity contribution in [2.24, 2.45) is 0 Å². The molecule has 0 spiro atoms. The van der Waals surface area contributed by atoms with Crippen LogP contribution in [0.5, 0.6) is 0 Å². The van der Waals surface area contributed by atoms with Gasteiger partial charge in [0.15, 0.2) is 0 Å². The number of aliphatic hydroxyl groups excluding tert-OH is 1. The van der Waals surface area contributed by atoms with Crippen molar-refractivity contribution in [3.05, 3.63) is 0 Å². The molecule has 0 aromatic carbocycles. The molecule has 0 aromatic heterocycles. The maximum atomic E-state index is 8.82. The zero-order valence-electron chi connectivity index (χ0n) is 8.00. The molecule has 0 amide bonds. The molecule has 8 heavy (non-hydrogen) atoms. The first kappa shape index (κ1) is 3.12. The van der Waals surface area contributed by atoms with Gasteiger partial charge < -0.3 is 20.4 Å². The molecule has 0 saturated heterocycles. The first-order valence-electron chi connectivity index (χ1n) is 3.84. The van der Waals surface area contributed by atoms with Gasteiger partial charge in [-0.15, -0.1) is 0 Å². The third-order valence-corrected chi connectivity index (χ3v) is 0.529. The Bertz CT molecular complexity index is 163. The molecule has 0 aliphatic heterocycles. The van der Waals surface area contributed by atoms with E-state index in [0.29, 0.717) is 0 Å². The molecule has 50 valence electrons. The van der Waals surface area contributed by atoms with Gasteiger partial charge in [-0.3, -0.25) is 0 Å². The second-order valence-electron chi connectivity index (χ2n) is 1.07. The Hall–Kier alpha value is -0.160. The topological polar surface area (TPSA) is 80.9 Å². The van der Waals surface area contributed by atoms with Crippen LogP contribution in [0.25, 0.3) is 0 Å². The molecule has 0 fully saturated rings. The third kappa shape index (κ3) is 2.23. The summed E-state index contributed by atoms with van der Waals surface area (Å²) >= 11 is 0. The van der Waals surface area contributed by atoms with Crippen molar-refractivity contribution >= 4 is 0 Å². The van der Waals surface area contributed by atoms with Crippen molar-refractivity contribution in [2.45, 2.75) is 12.2 Å². The molecule has 0 unspecified atom stereocenters. The smallest absolute Gasteiger partial charge is 0.105 e. The molecule has 0 aliphatic rings. The lowest BCUT2D eigenvalue weighted by Gasteiger charge is -2.10. The van der Waals surface area contributed by atoms with Gasteiger partial charge in [-0.25, -0.2) is 0 Å². The van der Waals surface area contributed by atoms with E-state index < -0.39 is 25.3 Å². The SMILES string of the molecule is [2H]C([2H])(O)[C@]([2H])(O)[C@@]([2H])(O)CO. The number of rotatable bonds is 3. The molecule has 0 aliphatic carbocycles. The average molecular weight is 126 g/mol. The van der Waals surface area contributed by atoms with Gasteiger partial charge in [0.2, 0.25) is 0 Å². The van der Waals surface area contributed by atoms with Crippen LogP contribution >= 0.6 is 0 Å². The molecule has 4 nitrogen and oxygen atoms in total. The van der Waals surface area contributed by atoms with E-state index in [0.717, 1.165) is 0 Å². The average Bonchev–Trinajstić information content (AvgIpc) is 1.85. The molecule has 4 heteroatoms. The molecule has 0 aromatic rings. The van der Waals surface area contributed by atoms with E-state index in [9.17, 15) is 0 Å². The molecule has 2 atom stereocenters. The van der Waals surface area contributed by atoms with Crippen molar-refractivity contribution in [2.75, 3.05) is 13.2 Å². The van der Waals surface area contributed by atoms with Crippen LogP contribution in [0.2, 0.25) is 0 Å². The monoisotopic (exact) mass is 126 g/mol. The van der Waals surface area contributed by atoms with Gasteiger partial charge in [-0.2, -0.15) is 0 Å². The molecule has 0 heterocycles. The van der Waals surface area contributed by atoms with Crippen LogP contribution in [-0.4, -0.2) is 45.8 Å². The van der Waals surface area contributed by atoms with E-state index >= 15 is 0 Å². The van der Waals surface area contributed by atoms with E-state index in [4.69, 9.17) is 25.9 Å². The summed E-state index contributed by atoms with van der Waals surface area (Å²) in [4.78, 5) is 0. The van der Waals surface area contributed by atoms with Crippen LogP contribution in [0.15, 0.2) is 0 Å². The number of aliphatic hydroxyl groups is 4. The van der Waals surface area contributed by atoms with Gasteiger partial charge in [-0.1, -0.05) is 0 Å². The quantitative estimate of drug-likeness (QED) is 0.342. The fourth-order valence-electron chi connectivity index (χ4n) is 0.139. The molecular formula is C4H10O4. The van der Waals surface area contributed by atoms with Crippen molar-refractivity contribution in [3.63, 3.8) is 0 Å². The molecule has 0 radical (unpaired) electrons. The van der Waals surface area contributed by atoms with Crippen molar-refractivity contribution < 1.29 is 25.9 Å². The Morgan fingerprint density at radius 2 is 1.88 bits per heavy atom. The highest BCUT2D eigenvalue weighted by Crippen LogP contribution is 1.88. The van der Waals surface area contributed by atoms with Crippen molar-refractivity contribution in [1.29, 1.82) is 0 Å². The summed E-state index contributed by atoms with van der Waals surface area (Å²) in [5.74, 6) is 0. The minimum absolute atomic E-state index is 1.37.